The van der Waals surface area contributed by atoms with Gasteiger partial charge in [-0.25, -0.2) is 23.3 Å². The van der Waals surface area contributed by atoms with Crippen LogP contribution in [0.1, 0.15) is 32.7 Å². The molecule has 2 heterocycles. The Morgan fingerprint density at radius 1 is 1.08 bits per heavy atom. The molecule has 0 aliphatic carbocycles. The van der Waals surface area contributed by atoms with Gasteiger partial charge in [-0.3, -0.25) is 9.47 Å². The number of halogens is 2. The fourth-order valence-electron chi connectivity index (χ4n) is 4.85. The number of primary amides is 1. The first-order chi connectivity index (χ1) is 18.2. The van der Waals surface area contributed by atoms with Crippen LogP contribution in [0.4, 0.5) is 14.0 Å². The van der Waals surface area contributed by atoms with Crippen molar-refractivity contribution >= 4 is 35.6 Å². The summed E-state index contributed by atoms with van der Waals surface area (Å²) in [5, 5.41) is 2.94. The van der Waals surface area contributed by atoms with Crippen LogP contribution in [-0.4, -0.2) is 65.0 Å². The van der Waals surface area contributed by atoms with Crippen LogP contribution in [0, 0.1) is 11.7 Å². The van der Waals surface area contributed by atoms with Crippen molar-refractivity contribution in [3.63, 3.8) is 0 Å². The number of likely N-dealkylation sites (tertiary alicyclic amines) is 1. The van der Waals surface area contributed by atoms with Gasteiger partial charge in [-0.15, -0.1) is 12.4 Å². The molecule has 10 nitrogen and oxygen atoms in total. The minimum Gasteiger partial charge on any atom is -0.490 e. The van der Waals surface area contributed by atoms with Crippen LogP contribution in [0.25, 0.3) is 11.0 Å². The number of imidazole rings is 1. The Hall–Kier alpha value is -3.57. The minimum atomic E-state index is -0.885. The molecule has 2 aromatic carbocycles. The second-order valence-electron chi connectivity index (χ2n) is 9.82. The number of piperidine rings is 1. The Labute approximate surface area is 232 Å². The van der Waals surface area contributed by atoms with Gasteiger partial charge < -0.3 is 20.5 Å². The highest BCUT2D eigenvalue weighted by atomic mass is 35.5. The number of hydrogen-bond donors (Lipinski definition) is 2. The second-order valence-corrected chi connectivity index (χ2v) is 9.82. The van der Waals surface area contributed by atoms with E-state index in [1.54, 1.807) is 10.6 Å². The first-order valence-corrected chi connectivity index (χ1v) is 12.8. The lowest BCUT2D eigenvalue weighted by atomic mass is 9.96. The van der Waals surface area contributed by atoms with E-state index in [0.717, 1.165) is 31.4 Å². The lowest BCUT2D eigenvalue weighted by Gasteiger charge is -2.33. The first kappa shape index (κ1) is 30.0. The van der Waals surface area contributed by atoms with E-state index in [0.29, 0.717) is 24.4 Å². The number of amides is 2. The van der Waals surface area contributed by atoms with E-state index in [4.69, 9.17) is 15.2 Å². The van der Waals surface area contributed by atoms with Gasteiger partial charge in [-0.1, -0.05) is 12.1 Å². The van der Waals surface area contributed by atoms with Crippen LogP contribution >= 0.6 is 12.4 Å². The van der Waals surface area contributed by atoms with Crippen LogP contribution in [0.2, 0.25) is 0 Å². The molecule has 1 fully saturated rings. The monoisotopic (exact) mass is 563 g/mol. The quantitative estimate of drug-likeness (QED) is 0.409. The third kappa shape index (κ3) is 7.51. The number of hydrogen-bond acceptors (Lipinski definition) is 6. The van der Waals surface area contributed by atoms with E-state index in [-0.39, 0.29) is 42.5 Å². The van der Waals surface area contributed by atoms with Crippen LogP contribution in [-0.2, 0) is 4.74 Å². The molecule has 212 valence electrons. The number of rotatable bonds is 9. The molecule has 3 aromatic rings. The Morgan fingerprint density at radius 3 is 2.33 bits per heavy atom. The van der Waals surface area contributed by atoms with E-state index in [1.165, 1.54) is 28.8 Å². The van der Waals surface area contributed by atoms with Gasteiger partial charge >= 0.3 is 17.8 Å². The van der Waals surface area contributed by atoms with E-state index < -0.39 is 18.2 Å². The number of carbonyl (C=O) groups excluding carboxylic acids is 2. The van der Waals surface area contributed by atoms with Crippen LogP contribution in [0.15, 0.2) is 53.3 Å². The summed E-state index contributed by atoms with van der Waals surface area (Å²) in [5.41, 5.74) is 6.20. The Morgan fingerprint density at radius 2 is 1.72 bits per heavy atom. The molecule has 0 saturated carbocycles. The third-order valence-electron chi connectivity index (χ3n) is 6.74. The van der Waals surface area contributed by atoms with Crippen molar-refractivity contribution < 1.29 is 23.5 Å². The van der Waals surface area contributed by atoms with Gasteiger partial charge in [0, 0.05) is 19.1 Å². The molecule has 0 bridgehead atoms. The molecule has 0 radical (unpaired) electrons. The molecule has 4 rings (SSSR count). The third-order valence-corrected chi connectivity index (χ3v) is 6.74. The molecule has 12 heteroatoms. The maximum atomic E-state index is 13.1. The van der Waals surface area contributed by atoms with Gasteiger partial charge in [0.15, 0.2) is 6.10 Å². The molecule has 1 unspecified atom stereocenters. The number of aromatic nitrogens is 2. The Kier molecular flexibility index (Phi) is 10.4. The van der Waals surface area contributed by atoms with Crippen LogP contribution in [0.3, 0.4) is 0 Å². The van der Waals surface area contributed by atoms with E-state index in [2.05, 4.69) is 10.2 Å². The number of nitrogens with one attached hydrogen (secondary N) is 1. The maximum Gasteiger partial charge on any atom is 0.404 e. The Bertz CT molecular complexity index is 1320. The lowest BCUT2D eigenvalue weighted by molar-refractivity contribution is 0.0368. The second kappa shape index (κ2) is 13.5. The summed E-state index contributed by atoms with van der Waals surface area (Å²) in [7, 11) is 0. The summed E-state index contributed by atoms with van der Waals surface area (Å²) in [6.07, 6.45) is 0.180. The summed E-state index contributed by atoms with van der Waals surface area (Å²) in [6, 6.07) is 12.4. The summed E-state index contributed by atoms with van der Waals surface area (Å²) in [4.78, 5) is 39.5. The van der Waals surface area contributed by atoms with Gasteiger partial charge in [0.1, 0.15) is 18.2 Å². The van der Waals surface area contributed by atoms with E-state index >= 15 is 0 Å². The van der Waals surface area contributed by atoms with Gasteiger partial charge in [0.2, 0.25) is 0 Å². The smallest absolute Gasteiger partial charge is 0.404 e. The van der Waals surface area contributed by atoms with E-state index in [1.807, 2.05) is 32.0 Å². The van der Waals surface area contributed by atoms with E-state index in [9.17, 15) is 18.8 Å². The van der Waals surface area contributed by atoms with Gasteiger partial charge in [-0.2, -0.15) is 0 Å². The van der Waals surface area contributed by atoms with Crippen molar-refractivity contribution in [3.8, 4) is 5.75 Å². The molecule has 0 spiro atoms. The van der Waals surface area contributed by atoms with Gasteiger partial charge in [0.05, 0.1) is 11.0 Å². The number of nitrogens with zero attached hydrogens (tertiary/aromatic N) is 3. The largest absolute Gasteiger partial charge is 0.490 e. The molecule has 1 aromatic heterocycles. The van der Waals surface area contributed by atoms with Crippen molar-refractivity contribution in [2.24, 2.45) is 11.7 Å². The molecule has 39 heavy (non-hydrogen) atoms. The van der Waals surface area contributed by atoms with Gasteiger partial charge in [-0.05, 0) is 82.1 Å². The number of fused-ring (bicyclic) bond motifs is 1. The van der Waals surface area contributed by atoms with Crippen molar-refractivity contribution in [1.29, 1.82) is 0 Å². The van der Waals surface area contributed by atoms with Crippen LogP contribution in [0.5, 0.6) is 5.75 Å². The van der Waals surface area contributed by atoms with Crippen LogP contribution < -0.4 is 21.5 Å². The first-order valence-electron chi connectivity index (χ1n) is 12.8. The van der Waals surface area contributed by atoms with Crippen molar-refractivity contribution in [2.45, 2.75) is 38.8 Å². The molecule has 3 N–H and O–H groups in total. The standard InChI is InChI=1S/C27H34FN5O5.ClH/c1-18(2)32-23-5-3-4-6-24(23)33(27(32)36)26(35)30-15-19-11-13-31(14-12-19)16-22(38-25(29)34)17-37-21-9-7-20(28)8-10-21;/h3-10,18-19,22H,11-17H2,1-2H3,(H2,29,34)(H,30,35);1H. The molecule has 1 aliphatic rings. The zero-order chi connectivity index (χ0) is 27.2. The van der Waals surface area contributed by atoms with Crippen molar-refractivity contribution in [1.82, 2.24) is 19.4 Å². The van der Waals surface area contributed by atoms with Gasteiger partial charge in [0.25, 0.3) is 0 Å². The number of nitrogens with two attached hydrogens (primary N) is 1. The summed E-state index contributed by atoms with van der Waals surface area (Å²) < 4.78 is 26.8. The molecule has 2 amide bonds. The number of carbonyl (C=O) groups is 2. The number of ether oxygens (including phenoxy) is 2. The fraction of sp³-hybridized carbons (Fsp3) is 0.444. The predicted molar refractivity (Wildman–Crippen MR) is 148 cm³/mol. The average Bonchev–Trinajstić information content (AvgIpc) is 3.19. The number of benzene rings is 2. The zero-order valence-electron chi connectivity index (χ0n) is 22.0. The molecule has 1 atom stereocenters. The zero-order valence-corrected chi connectivity index (χ0v) is 22.9. The predicted octanol–water partition coefficient (Wildman–Crippen LogP) is 3.76. The normalized spacial score (nSPS) is 15.1. The molecular formula is C27H35ClFN5O5. The summed E-state index contributed by atoms with van der Waals surface area (Å²) in [6.45, 7) is 6.28. The minimum absolute atomic E-state index is 0. The maximum absolute atomic E-state index is 13.1. The SMILES string of the molecule is CC(C)n1c(=O)n(C(=O)NCC2CCN(CC(COc3ccc(F)cc3)OC(N)=O)CC2)c2ccccc21.Cl. The summed E-state index contributed by atoms with van der Waals surface area (Å²) >= 11 is 0. The molecular weight excluding hydrogens is 529 g/mol. The topological polar surface area (TPSA) is 121 Å². The average molecular weight is 564 g/mol. The molecule has 1 saturated heterocycles. The lowest BCUT2D eigenvalue weighted by Crippen LogP contribution is -2.45. The highest BCUT2D eigenvalue weighted by molar-refractivity contribution is 5.89. The highest BCUT2D eigenvalue weighted by Crippen LogP contribution is 2.19. The Balaban J connectivity index is 0.00000420. The molecule has 1 aliphatic heterocycles. The highest BCUT2D eigenvalue weighted by Gasteiger charge is 2.25. The van der Waals surface area contributed by atoms with Crippen molar-refractivity contribution in [3.05, 3.63) is 64.8 Å². The summed E-state index contributed by atoms with van der Waals surface area (Å²) in [5.74, 6) is 0.348. The van der Waals surface area contributed by atoms with Crippen molar-refractivity contribution in [2.75, 3.05) is 32.8 Å². The number of para-hydroxylation sites is 2. The fourth-order valence-corrected chi connectivity index (χ4v) is 4.85.